The molecule has 2 saturated heterocycles. The van der Waals surface area contributed by atoms with Crippen LogP contribution in [-0.4, -0.2) is 119 Å². The van der Waals surface area contributed by atoms with E-state index in [1.54, 1.807) is 24.0 Å². The van der Waals surface area contributed by atoms with Crippen LogP contribution >= 0.6 is 0 Å². The maximum Gasteiger partial charge on any atom is 0.410 e. The zero-order valence-electron chi connectivity index (χ0n) is 30.3. The van der Waals surface area contributed by atoms with Crippen molar-refractivity contribution in [3.05, 3.63) is 35.9 Å². The number of likely N-dealkylation sites (tertiary alicyclic amines) is 1. The van der Waals surface area contributed by atoms with Crippen molar-refractivity contribution >= 4 is 17.8 Å². The van der Waals surface area contributed by atoms with Crippen molar-refractivity contribution in [2.24, 2.45) is 11.3 Å². The number of hydrogen-bond donors (Lipinski definition) is 0. The number of anilines is 1. The number of likely N-dealkylation sites (N-methyl/N-ethyl adjacent to an activating group) is 1. The number of hydrogen-bond acceptors (Lipinski definition) is 10. The minimum Gasteiger partial charge on any atom is -0.444 e. The SMILES string of the molecule is CCN(C(=O)c1cc(F)ccc1Oc1nncnc1N1CCC2(C1)CN(C(CC(CN(C)C(=O)OC(C)(C)C)OC)C(C)C)C2)C(C)C. The van der Waals surface area contributed by atoms with Crippen molar-refractivity contribution in [3.8, 4) is 11.6 Å². The Hall–Kier alpha value is -3.58. The highest BCUT2D eigenvalue weighted by molar-refractivity contribution is 5.97. The monoisotopic (exact) mass is 671 g/mol. The summed E-state index contributed by atoms with van der Waals surface area (Å²) < 4.78 is 31.9. The molecule has 4 rings (SSSR count). The molecule has 2 fully saturated rings. The quantitative estimate of drug-likeness (QED) is 0.271. The Bertz CT molecular complexity index is 1410. The van der Waals surface area contributed by atoms with Crippen LogP contribution in [0.2, 0.25) is 0 Å². The third kappa shape index (κ3) is 8.90. The van der Waals surface area contributed by atoms with Gasteiger partial charge in [-0.05, 0) is 78.5 Å². The van der Waals surface area contributed by atoms with Crippen molar-refractivity contribution in [3.63, 3.8) is 0 Å². The fourth-order valence-corrected chi connectivity index (χ4v) is 6.80. The van der Waals surface area contributed by atoms with Gasteiger partial charge >= 0.3 is 6.09 Å². The molecule has 0 radical (unpaired) electrons. The molecule has 2 aliphatic rings. The van der Waals surface area contributed by atoms with Crippen molar-refractivity contribution in [2.45, 2.75) is 92.0 Å². The van der Waals surface area contributed by atoms with Crippen molar-refractivity contribution < 1.29 is 28.2 Å². The molecule has 2 amide bonds. The van der Waals surface area contributed by atoms with Gasteiger partial charge in [0, 0.05) is 70.9 Å². The van der Waals surface area contributed by atoms with Gasteiger partial charge < -0.3 is 28.9 Å². The van der Waals surface area contributed by atoms with E-state index in [1.165, 1.54) is 24.5 Å². The summed E-state index contributed by atoms with van der Waals surface area (Å²) in [6.45, 7) is 20.1. The second kappa shape index (κ2) is 15.3. The van der Waals surface area contributed by atoms with Gasteiger partial charge in [-0.25, -0.2) is 14.2 Å². The molecule has 2 atom stereocenters. The summed E-state index contributed by atoms with van der Waals surface area (Å²) in [5.41, 5.74) is -0.348. The third-order valence-corrected chi connectivity index (χ3v) is 9.25. The number of aromatic nitrogens is 3. The van der Waals surface area contributed by atoms with E-state index in [-0.39, 0.29) is 52.8 Å². The van der Waals surface area contributed by atoms with Gasteiger partial charge in [0.2, 0.25) is 0 Å². The number of carbonyl (C=O) groups is 2. The largest absolute Gasteiger partial charge is 0.444 e. The van der Waals surface area contributed by atoms with E-state index in [9.17, 15) is 14.0 Å². The number of benzene rings is 1. The predicted octanol–water partition coefficient (Wildman–Crippen LogP) is 5.48. The summed E-state index contributed by atoms with van der Waals surface area (Å²) in [6.07, 6.45) is 2.67. The molecular formula is C35H54FN7O5. The lowest BCUT2D eigenvalue weighted by Gasteiger charge is -2.53. The molecule has 0 saturated carbocycles. The molecule has 13 heteroatoms. The van der Waals surface area contributed by atoms with Crippen LogP contribution in [0, 0.1) is 17.2 Å². The number of ether oxygens (including phenoxy) is 3. The molecule has 266 valence electrons. The number of amides is 2. The van der Waals surface area contributed by atoms with Crippen LogP contribution in [0.4, 0.5) is 15.0 Å². The van der Waals surface area contributed by atoms with E-state index in [0.29, 0.717) is 24.8 Å². The standard InChI is InChI=1S/C35H54FN7O5/c1-11-43(24(4)5)32(44)27-16-25(36)12-13-29(27)47-31-30(37-22-38-39-31)41-15-14-35(19-41)20-42(21-35)28(23(2)3)17-26(46-10)18-40(9)33(45)48-34(6,7)8/h12-13,16,22-24,26,28H,11,14-15,17-21H2,1-10H3. The second-order valence-electron chi connectivity index (χ2n) is 14.9. The van der Waals surface area contributed by atoms with Gasteiger partial charge in [-0.15, -0.1) is 10.2 Å². The van der Waals surface area contributed by atoms with E-state index in [2.05, 4.69) is 38.8 Å². The first-order valence-electron chi connectivity index (χ1n) is 17.0. The number of rotatable bonds is 13. The van der Waals surface area contributed by atoms with Gasteiger partial charge in [-0.2, -0.15) is 0 Å². The summed E-state index contributed by atoms with van der Waals surface area (Å²) in [6, 6.07) is 4.14. The first-order valence-corrected chi connectivity index (χ1v) is 17.0. The maximum absolute atomic E-state index is 14.3. The van der Waals surface area contributed by atoms with Crippen LogP contribution in [0.15, 0.2) is 24.5 Å². The molecule has 0 aliphatic carbocycles. The minimum atomic E-state index is -0.558. The number of carbonyl (C=O) groups excluding carboxylic acids is 2. The summed E-state index contributed by atoms with van der Waals surface area (Å²) in [5.74, 6) is 0.480. The lowest BCUT2D eigenvalue weighted by molar-refractivity contribution is -0.0543. The molecule has 12 nitrogen and oxygen atoms in total. The number of methoxy groups -OCH3 is 1. The van der Waals surface area contributed by atoms with E-state index >= 15 is 0 Å². The molecule has 1 aromatic carbocycles. The van der Waals surface area contributed by atoms with Gasteiger partial charge in [-0.1, -0.05) is 13.8 Å². The summed E-state index contributed by atoms with van der Waals surface area (Å²) >= 11 is 0. The number of nitrogens with zero attached hydrogens (tertiary/aromatic N) is 7. The Morgan fingerprint density at radius 3 is 2.44 bits per heavy atom. The van der Waals surface area contributed by atoms with Crippen LogP contribution in [0.3, 0.4) is 0 Å². The highest BCUT2D eigenvalue weighted by Crippen LogP contribution is 2.44. The molecule has 2 aromatic rings. The molecule has 1 aromatic heterocycles. The molecule has 2 unspecified atom stereocenters. The normalized spacial score (nSPS) is 17.4. The zero-order chi connectivity index (χ0) is 35.4. The Kier molecular flexibility index (Phi) is 11.9. The lowest BCUT2D eigenvalue weighted by atomic mass is 9.76. The molecular weight excluding hydrogens is 617 g/mol. The Morgan fingerprint density at radius 2 is 1.83 bits per heavy atom. The Labute approximate surface area is 284 Å². The van der Waals surface area contributed by atoms with Crippen molar-refractivity contribution in [1.82, 2.24) is 29.9 Å². The zero-order valence-corrected chi connectivity index (χ0v) is 30.3. The summed E-state index contributed by atoms with van der Waals surface area (Å²) in [5, 5.41) is 8.20. The van der Waals surface area contributed by atoms with Gasteiger partial charge in [0.15, 0.2) is 5.82 Å². The van der Waals surface area contributed by atoms with Gasteiger partial charge in [-0.3, -0.25) is 9.69 Å². The fraction of sp³-hybridized carbons (Fsp3) is 0.686. The van der Waals surface area contributed by atoms with Gasteiger partial charge in [0.25, 0.3) is 11.8 Å². The van der Waals surface area contributed by atoms with E-state index in [4.69, 9.17) is 14.2 Å². The first-order chi connectivity index (χ1) is 22.6. The Morgan fingerprint density at radius 1 is 1.12 bits per heavy atom. The van der Waals surface area contributed by atoms with Crippen molar-refractivity contribution in [1.29, 1.82) is 0 Å². The maximum atomic E-state index is 14.3. The second-order valence-corrected chi connectivity index (χ2v) is 14.9. The molecule has 0 N–H and O–H groups in total. The first kappa shape index (κ1) is 37.2. The van der Waals surface area contributed by atoms with E-state index in [1.807, 2.05) is 41.5 Å². The van der Waals surface area contributed by atoms with Gasteiger partial charge in [0.1, 0.15) is 23.5 Å². The molecule has 48 heavy (non-hydrogen) atoms. The van der Waals surface area contributed by atoms with Crippen LogP contribution in [0.5, 0.6) is 11.6 Å². The minimum absolute atomic E-state index is 0.0653. The van der Waals surface area contributed by atoms with E-state index in [0.717, 1.165) is 39.0 Å². The molecule has 3 heterocycles. The van der Waals surface area contributed by atoms with Crippen molar-refractivity contribution in [2.75, 3.05) is 58.3 Å². The highest BCUT2D eigenvalue weighted by atomic mass is 19.1. The average Bonchev–Trinajstić information content (AvgIpc) is 3.44. The molecule has 0 bridgehead atoms. The highest BCUT2D eigenvalue weighted by Gasteiger charge is 2.50. The van der Waals surface area contributed by atoms with Crippen LogP contribution in [0.25, 0.3) is 0 Å². The van der Waals surface area contributed by atoms with Crippen LogP contribution in [-0.2, 0) is 9.47 Å². The molecule has 1 spiro atoms. The molecule has 2 aliphatic heterocycles. The Balaban J connectivity index is 1.43. The topological polar surface area (TPSA) is 113 Å². The average molecular weight is 672 g/mol. The van der Waals surface area contributed by atoms with Crippen LogP contribution in [0.1, 0.15) is 78.6 Å². The third-order valence-electron chi connectivity index (χ3n) is 9.25. The van der Waals surface area contributed by atoms with Gasteiger partial charge in [0.05, 0.1) is 11.7 Å². The van der Waals surface area contributed by atoms with E-state index < -0.39 is 11.4 Å². The summed E-state index contributed by atoms with van der Waals surface area (Å²) in [4.78, 5) is 38.4. The predicted molar refractivity (Wildman–Crippen MR) is 182 cm³/mol. The summed E-state index contributed by atoms with van der Waals surface area (Å²) in [7, 11) is 3.44. The fourth-order valence-electron chi connectivity index (χ4n) is 6.80. The van der Waals surface area contributed by atoms with Crippen LogP contribution < -0.4 is 9.64 Å². The smallest absolute Gasteiger partial charge is 0.410 e. The number of halogens is 1. The lowest BCUT2D eigenvalue weighted by Crippen LogP contribution is -2.62.